The van der Waals surface area contributed by atoms with Crippen LogP contribution >= 0.6 is 0 Å². The predicted molar refractivity (Wildman–Crippen MR) is 161 cm³/mol. The van der Waals surface area contributed by atoms with E-state index in [0.29, 0.717) is 0 Å². The second kappa shape index (κ2) is 8.22. The van der Waals surface area contributed by atoms with Gasteiger partial charge in [-0.25, -0.2) is 0 Å². The molecule has 178 valence electrons. The Kier molecular flexibility index (Phi) is 4.55. The topological polar surface area (TPSA) is 9.86 Å². The minimum Gasteiger partial charge on any atom is -0.317 e. The van der Waals surface area contributed by atoms with E-state index < -0.39 is 0 Å². The summed E-state index contributed by atoms with van der Waals surface area (Å²) < 4.78 is 4.67. The van der Waals surface area contributed by atoms with Crippen LogP contribution in [0, 0.1) is 0 Å². The lowest BCUT2D eigenvalue weighted by molar-refractivity contribution is 1.13. The van der Waals surface area contributed by atoms with E-state index in [1.165, 1.54) is 66.0 Å². The van der Waals surface area contributed by atoms with E-state index in [1.807, 2.05) is 0 Å². The number of benzene rings is 6. The van der Waals surface area contributed by atoms with Gasteiger partial charge in [0.05, 0.1) is 22.2 Å². The maximum atomic E-state index is 2.42. The fourth-order valence-electron chi connectivity index (χ4n) is 5.95. The van der Waals surface area contributed by atoms with Crippen molar-refractivity contribution in [1.29, 1.82) is 0 Å². The largest absolute Gasteiger partial charge is 0.317 e. The lowest BCUT2D eigenvalue weighted by Gasteiger charge is -2.12. The highest BCUT2D eigenvalue weighted by Crippen LogP contribution is 2.37. The smallest absolute Gasteiger partial charge is 0.0541 e. The van der Waals surface area contributed by atoms with Crippen molar-refractivity contribution in [3.63, 3.8) is 0 Å². The Morgan fingerprint density at radius 2 is 1.08 bits per heavy atom. The highest BCUT2D eigenvalue weighted by molar-refractivity contribution is 6.11. The molecule has 2 aromatic heterocycles. The van der Waals surface area contributed by atoms with Crippen molar-refractivity contribution in [3.05, 3.63) is 146 Å². The zero-order valence-corrected chi connectivity index (χ0v) is 20.8. The SMILES string of the molecule is c1ccc(-n2ccc3cc(-c4ccc5c(c4)c4ccccc4n5-c4cccc5ccccc45)ccc32)cc1. The molecule has 2 heterocycles. The lowest BCUT2D eigenvalue weighted by Crippen LogP contribution is -1.95. The van der Waals surface area contributed by atoms with Gasteiger partial charge in [0.25, 0.3) is 0 Å². The molecule has 0 atom stereocenters. The summed E-state index contributed by atoms with van der Waals surface area (Å²) >= 11 is 0. The summed E-state index contributed by atoms with van der Waals surface area (Å²) in [5, 5.41) is 6.30. The normalized spacial score (nSPS) is 11.7. The van der Waals surface area contributed by atoms with Crippen LogP contribution in [0.2, 0.25) is 0 Å². The standard InChI is InChI=1S/C36H24N2/c1-2-11-29(12-3-1)37-22-21-28-23-26(17-19-33(28)37)27-18-20-36-32(24-27)31-14-6-7-15-35(31)38(36)34-16-8-10-25-9-4-5-13-30(25)34/h1-24H. The third kappa shape index (κ3) is 3.14. The molecule has 38 heavy (non-hydrogen) atoms. The second-order valence-corrected chi connectivity index (χ2v) is 9.88. The molecule has 2 nitrogen and oxygen atoms in total. The molecule has 0 unspecified atom stereocenters. The van der Waals surface area contributed by atoms with Crippen molar-refractivity contribution in [2.24, 2.45) is 0 Å². The van der Waals surface area contributed by atoms with Crippen LogP contribution in [-0.2, 0) is 0 Å². The molecule has 0 radical (unpaired) electrons. The highest BCUT2D eigenvalue weighted by atomic mass is 15.0. The monoisotopic (exact) mass is 484 g/mol. The summed E-state index contributed by atoms with van der Waals surface area (Å²) in [5.41, 5.74) is 8.52. The maximum absolute atomic E-state index is 2.42. The van der Waals surface area contributed by atoms with Gasteiger partial charge in [-0.15, -0.1) is 0 Å². The molecule has 0 saturated carbocycles. The Bertz CT molecular complexity index is 2120. The van der Waals surface area contributed by atoms with Crippen LogP contribution in [0.4, 0.5) is 0 Å². The Labute approximate surface area is 220 Å². The molecule has 0 spiro atoms. The molecule has 0 amide bonds. The van der Waals surface area contributed by atoms with Gasteiger partial charge in [-0.2, -0.15) is 0 Å². The fourth-order valence-corrected chi connectivity index (χ4v) is 5.95. The van der Waals surface area contributed by atoms with Gasteiger partial charge in [0, 0.05) is 33.4 Å². The summed E-state index contributed by atoms with van der Waals surface area (Å²) in [6, 6.07) is 50.4. The van der Waals surface area contributed by atoms with Gasteiger partial charge in [0.1, 0.15) is 0 Å². The molecule has 0 aliphatic rings. The highest BCUT2D eigenvalue weighted by Gasteiger charge is 2.15. The summed E-state index contributed by atoms with van der Waals surface area (Å²) in [6.07, 6.45) is 2.16. The zero-order valence-electron chi connectivity index (χ0n) is 20.8. The molecular weight excluding hydrogens is 460 g/mol. The predicted octanol–water partition coefficient (Wildman–Crippen LogP) is 9.55. The number of fused-ring (bicyclic) bond motifs is 5. The Morgan fingerprint density at radius 3 is 1.97 bits per heavy atom. The van der Waals surface area contributed by atoms with Crippen molar-refractivity contribution < 1.29 is 0 Å². The lowest BCUT2D eigenvalue weighted by atomic mass is 10.0. The first-order valence-electron chi connectivity index (χ1n) is 13.0. The first-order valence-corrected chi connectivity index (χ1v) is 13.0. The molecule has 6 aromatic carbocycles. The Balaban J connectivity index is 1.32. The third-order valence-electron chi connectivity index (χ3n) is 7.74. The van der Waals surface area contributed by atoms with Gasteiger partial charge in [-0.1, -0.05) is 84.9 Å². The summed E-state index contributed by atoms with van der Waals surface area (Å²) in [5.74, 6) is 0. The van der Waals surface area contributed by atoms with Gasteiger partial charge < -0.3 is 9.13 Å². The van der Waals surface area contributed by atoms with Crippen LogP contribution in [0.15, 0.2) is 146 Å². The number of aromatic nitrogens is 2. The molecular formula is C36H24N2. The van der Waals surface area contributed by atoms with Crippen molar-refractivity contribution in [1.82, 2.24) is 9.13 Å². The van der Waals surface area contributed by atoms with Crippen molar-refractivity contribution >= 4 is 43.5 Å². The molecule has 8 rings (SSSR count). The van der Waals surface area contributed by atoms with E-state index >= 15 is 0 Å². The Morgan fingerprint density at radius 1 is 0.395 bits per heavy atom. The molecule has 8 aromatic rings. The average Bonchev–Trinajstić information content (AvgIpc) is 3.56. The van der Waals surface area contributed by atoms with E-state index in [1.54, 1.807) is 0 Å². The van der Waals surface area contributed by atoms with E-state index in [2.05, 4.69) is 155 Å². The van der Waals surface area contributed by atoms with Crippen LogP contribution in [-0.4, -0.2) is 9.13 Å². The Hall–Kier alpha value is -5.08. The zero-order chi connectivity index (χ0) is 25.1. The first kappa shape index (κ1) is 21.0. The quantitative estimate of drug-likeness (QED) is 0.236. The van der Waals surface area contributed by atoms with E-state index in [9.17, 15) is 0 Å². The molecule has 0 fully saturated rings. The van der Waals surface area contributed by atoms with Crippen molar-refractivity contribution in [2.45, 2.75) is 0 Å². The molecule has 0 aliphatic carbocycles. The molecule has 2 heteroatoms. The van der Waals surface area contributed by atoms with Crippen LogP contribution in [0.1, 0.15) is 0 Å². The van der Waals surface area contributed by atoms with Gasteiger partial charge in [0.2, 0.25) is 0 Å². The molecule has 0 aliphatic heterocycles. The number of nitrogens with zero attached hydrogens (tertiary/aromatic N) is 2. The van der Waals surface area contributed by atoms with Crippen LogP contribution in [0.5, 0.6) is 0 Å². The fraction of sp³-hybridized carbons (Fsp3) is 0. The summed E-state index contributed by atoms with van der Waals surface area (Å²) in [6.45, 7) is 0. The number of hydrogen-bond donors (Lipinski definition) is 0. The number of rotatable bonds is 3. The number of para-hydroxylation sites is 2. The first-order chi connectivity index (χ1) is 18.8. The van der Waals surface area contributed by atoms with Crippen molar-refractivity contribution in [2.75, 3.05) is 0 Å². The maximum Gasteiger partial charge on any atom is 0.0541 e. The van der Waals surface area contributed by atoms with Gasteiger partial charge >= 0.3 is 0 Å². The van der Waals surface area contributed by atoms with Crippen LogP contribution < -0.4 is 0 Å². The van der Waals surface area contributed by atoms with Gasteiger partial charge in [-0.05, 0) is 71.1 Å². The van der Waals surface area contributed by atoms with Gasteiger partial charge in [0.15, 0.2) is 0 Å². The van der Waals surface area contributed by atoms with Crippen LogP contribution in [0.3, 0.4) is 0 Å². The average molecular weight is 485 g/mol. The minimum absolute atomic E-state index is 1.18. The number of hydrogen-bond acceptors (Lipinski definition) is 0. The molecule has 0 N–H and O–H groups in total. The molecule has 0 saturated heterocycles. The van der Waals surface area contributed by atoms with E-state index in [-0.39, 0.29) is 0 Å². The summed E-state index contributed by atoms with van der Waals surface area (Å²) in [4.78, 5) is 0. The second-order valence-electron chi connectivity index (χ2n) is 9.88. The summed E-state index contributed by atoms with van der Waals surface area (Å²) in [7, 11) is 0. The van der Waals surface area contributed by atoms with Gasteiger partial charge in [-0.3, -0.25) is 0 Å². The minimum atomic E-state index is 1.18. The van der Waals surface area contributed by atoms with Crippen LogP contribution in [0.25, 0.3) is 66.0 Å². The molecule has 0 bridgehead atoms. The van der Waals surface area contributed by atoms with E-state index in [4.69, 9.17) is 0 Å². The van der Waals surface area contributed by atoms with Crippen molar-refractivity contribution in [3.8, 4) is 22.5 Å². The van der Waals surface area contributed by atoms with E-state index in [0.717, 1.165) is 0 Å². The third-order valence-corrected chi connectivity index (χ3v) is 7.74.